The van der Waals surface area contributed by atoms with E-state index in [1.807, 2.05) is 0 Å². The lowest BCUT2D eigenvalue weighted by molar-refractivity contribution is 0.105. The summed E-state index contributed by atoms with van der Waals surface area (Å²) in [5.74, 6) is 0. The number of rotatable bonds is 5. The van der Waals surface area contributed by atoms with Crippen molar-refractivity contribution in [2.45, 2.75) is 0 Å². The third kappa shape index (κ3) is 2.33. The Bertz CT molecular complexity index is 80.3. The monoisotopic (exact) mass is 166 g/mol. The molecule has 0 radical (unpaired) electrons. The number of hydrazine groups is 1. The second-order valence-electron chi connectivity index (χ2n) is 1.54. The zero-order valence-corrected chi connectivity index (χ0v) is 7.72. The Morgan fingerprint density at radius 3 is 1.50 bits per heavy atom. The third-order valence-corrected chi connectivity index (χ3v) is 3.25. The zero-order chi connectivity index (χ0) is 8.04. The summed E-state index contributed by atoms with van der Waals surface area (Å²) in [4.78, 5) is 0. The lowest BCUT2D eigenvalue weighted by Gasteiger charge is -2.23. The van der Waals surface area contributed by atoms with Crippen molar-refractivity contribution < 1.29 is 13.3 Å². The van der Waals surface area contributed by atoms with E-state index in [1.165, 1.54) is 21.3 Å². The average Bonchev–Trinajstić information content (AvgIpc) is 2.01. The predicted octanol–water partition coefficient (Wildman–Crippen LogP) is -0.915. The van der Waals surface area contributed by atoms with E-state index in [1.54, 1.807) is 7.05 Å². The molecular formula is C4H14N2O3Si. The van der Waals surface area contributed by atoms with Crippen molar-refractivity contribution in [2.24, 2.45) is 0 Å². The Balaban J connectivity index is 3.87. The Kier molecular flexibility index (Phi) is 4.78. The molecule has 6 heteroatoms. The molecule has 0 rings (SSSR count). The number of nitrogens with one attached hydrogen (secondary N) is 2. The summed E-state index contributed by atoms with van der Waals surface area (Å²) >= 11 is 0. The van der Waals surface area contributed by atoms with Crippen molar-refractivity contribution in [1.29, 1.82) is 0 Å². The summed E-state index contributed by atoms with van der Waals surface area (Å²) < 4.78 is 15.0. The van der Waals surface area contributed by atoms with Crippen LogP contribution in [0.15, 0.2) is 0 Å². The fourth-order valence-corrected chi connectivity index (χ4v) is 1.67. The van der Waals surface area contributed by atoms with Gasteiger partial charge in [0.15, 0.2) is 0 Å². The van der Waals surface area contributed by atoms with Gasteiger partial charge in [0.2, 0.25) is 0 Å². The Morgan fingerprint density at radius 1 is 1.00 bits per heavy atom. The van der Waals surface area contributed by atoms with Crippen molar-refractivity contribution in [1.82, 2.24) is 10.5 Å². The van der Waals surface area contributed by atoms with E-state index < -0.39 is 8.97 Å². The standard InChI is InChI=1S/C4H14N2O3Si/c1-5-6-10(7-2,8-3)9-4/h5-6H,1-4H3. The van der Waals surface area contributed by atoms with E-state index in [0.29, 0.717) is 0 Å². The molecular weight excluding hydrogens is 152 g/mol. The van der Waals surface area contributed by atoms with Gasteiger partial charge in [-0.05, 0) is 7.05 Å². The van der Waals surface area contributed by atoms with Gasteiger partial charge < -0.3 is 13.3 Å². The maximum atomic E-state index is 5.00. The maximum absolute atomic E-state index is 5.00. The molecule has 0 aromatic carbocycles. The minimum Gasteiger partial charge on any atom is -0.364 e. The number of hydrogen-bond donors (Lipinski definition) is 2. The molecule has 0 aliphatic heterocycles. The van der Waals surface area contributed by atoms with Gasteiger partial charge >= 0.3 is 8.97 Å². The van der Waals surface area contributed by atoms with Gasteiger partial charge in [-0.3, -0.25) is 5.43 Å². The van der Waals surface area contributed by atoms with Gasteiger partial charge in [0.25, 0.3) is 0 Å². The van der Waals surface area contributed by atoms with Crippen molar-refractivity contribution in [3.63, 3.8) is 0 Å². The molecule has 0 spiro atoms. The van der Waals surface area contributed by atoms with E-state index in [9.17, 15) is 0 Å². The minimum absolute atomic E-state index is 1.53. The summed E-state index contributed by atoms with van der Waals surface area (Å²) in [7, 11) is 3.74. The third-order valence-electron chi connectivity index (χ3n) is 1.08. The zero-order valence-electron chi connectivity index (χ0n) is 6.72. The Labute approximate surface area is 62.1 Å². The van der Waals surface area contributed by atoms with E-state index in [-0.39, 0.29) is 0 Å². The highest BCUT2D eigenvalue weighted by Crippen LogP contribution is 1.97. The molecule has 0 saturated carbocycles. The molecule has 5 nitrogen and oxygen atoms in total. The molecule has 0 bridgehead atoms. The summed E-state index contributed by atoms with van der Waals surface area (Å²) in [6.45, 7) is 0. The molecule has 0 saturated heterocycles. The average molecular weight is 166 g/mol. The van der Waals surface area contributed by atoms with Crippen LogP contribution >= 0.6 is 0 Å². The van der Waals surface area contributed by atoms with Gasteiger partial charge in [-0.15, -0.1) is 0 Å². The molecule has 10 heavy (non-hydrogen) atoms. The van der Waals surface area contributed by atoms with Crippen molar-refractivity contribution in [3.8, 4) is 0 Å². The van der Waals surface area contributed by atoms with Crippen molar-refractivity contribution >= 4 is 8.97 Å². The molecule has 0 fully saturated rings. The Hall–Kier alpha value is 0.0169. The van der Waals surface area contributed by atoms with Gasteiger partial charge in [0.1, 0.15) is 0 Å². The smallest absolute Gasteiger partial charge is 0.364 e. The van der Waals surface area contributed by atoms with Gasteiger partial charge in [-0.25, -0.2) is 5.09 Å². The largest absolute Gasteiger partial charge is 0.610 e. The highest BCUT2D eigenvalue weighted by atomic mass is 28.4. The molecule has 0 atom stereocenters. The fourth-order valence-electron chi connectivity index (χ4n) is 0.556. The summed E-state index contributed by atoms with van der Waals surface area (Å²) in [5, 5.41) is 2.77. The van der Waals surface area contributed by atoms with Crippen LogP contribution in [0.2, 0.25) is 0 Å². The van der Waals surface area contributed by atoms with Crippen LogP contribution in [0, 0.1) is 0 Å². The summed E-state index contributed by atoms with van der Waals surface area (Å²) in [6, 6.07) is 0. The van der Waals surface area contributed by atoms with Gasteiger partial charge in [0, 0.05) is 21.3 Å². The van der Waals surface area contributed by atoms with Gasteiger partial charge in [0.05, 0.1) is 0 Å². The summed E-state index contributed by atoms with van der Waals surface area (Å²) in [5.41, 5.74) is 2.70. The molecule has 0 amide bonds. The minimum atomic E-state index is -2.58. The molecule has 0 aromatic rings. The van der Waals surface area contributed by atoms with Crippen molar-refractivity contribution in [2.75, 3.05) is 28.4 Å². The van der Waals surface area contributed by atoms with E-state index >= 15 is 0 Å². The van der Waals surface area contributed by atoms with E-state index in [0.717, 1.165) is 0 Å². The first-order valence-electron chi connectivity index (χ1n) is 2.84. The van der Waals surface area contributed by atoms with Gasteiger partial charge in [-0.1, -0.05) is 0 Å². The summed E-state index contributed by atoms with van der Waals surface area (Å²) in [6.07, 6.45) is 0. The lowest BCUT2D eigenvalue weighted by atomic mass is 11.5. The highest BCUT2D eigenvalue weighted by Gasteiger charge is 2.38. The van der Waals surface area contributed by atoms with Crippen LogP contribution < -0.4 is 10.5 Å². The molecule has 0 aliphatic carbocycles. The fraction of sp³-hybridized carbons (Fsp3) is 1.00. The molecule has 62 valence electrons. The first-order valence-corrected chi connectivity index (χ1v) is 4.56. The van der Waals surface area contributed by atoms with Crippen LogP contribution in [0.4, 0.5) is 0 Å². The van der Waals surface area contributed by atoms with Crippen LogP contribution in [0.5, 0.6) is 0 Å². The topological polar surface area (TPSA) is 51.8 Å². The first-order chi connectivity index (χ1) is 4.74. The van der Waals surface area contributed by atoms with Crippen LogP contribution in [0.3, 0.4) is 0 Å². The van der Waals surface area contributed by atoms with Crippen LogP contribution in [-0.2, 0) is 13.3 Å². The van der Waals surface area contributed by atoms with E-state index in [4.69, 9.17) is 13.3 Å². The van der Waals surface area contributed by atoms with E-state index in [2.05, 4.69) is 10.5 Å². The second kappa shape index (κ2) is 4.77. The van der Waals surface area contributed by atoms with Crippen LogP contribution in [-0.4, -0.2) is 37.3 Å². The lowest BCUT2D eigenvalue weighted by Crippen LogP contribution is -2.61. The molecule has 0 aromatic heterocycles. The Morgan fingerprint density at radius 2 is 1.40 bits per heavy atom. The highest BCUT2D eigenvalue weighted by molar-refractivity contribution is 6.57. The second-order valence-corrected chi connectivity index (χ2v) is 4.13. The SMILES string of the molecule is CNN[Si](OC)(OC)OC. The molecule has 0 aliphatic rings. The molecule has 0 unspecified atom stereocenters. The maximum Gasteiger partial charge on any atom is 0.610 e. The molecule has 0 heterocycles. The van der Waals surface area contributed by atoms with Gasteiger partial charge in [-0.2, -0.15) is 0 Å². The van der Waals surface area contributed by atoms with Crippen LogP contribution in [0.1, 0.15) is 0 Å². The normalized spacial score (nSPS) is 12.0. The molecule has 2 N–H and O–H groups in total. The van der Waals surface area contributed by atoms with Crippen LogP contribution in [0.25, 0.3) is 0 Å². The predicted molar refractivity (Wildman–Crippen MR) is 39.0 cm³/mol. The first kappa shape index (κ1) is 10.0. The quantitative estimate of drug-likeness (QED) is 0.409. The van der Waals surface area contributed by atoms with Crippen molar-refractivity contribution in [3.05, 3.63) is 0 Å². The number of hydrogen-bond acceptors (Lipinski definition) is 5.